The van der Waals surface area contributed by atoms with E-state index in [-0.39, 0.29) is 43.0 Å². The van der Waals surface area contributed by atoms with Crippen LogP contribution in [-0.2, 0) is 26.0 Å². The van der Waals surface area contributed by atoms with Gasteiger partial charge < -0.3 is 14.8 Å². The highest BCUT2D eigenvalue weighted by atomic mass is 32.2. The van der Waals surface area contributed by atoms with E-state index < -0.39 is 33.1 Å². The number of amides is 1. The number of hydrogen-bond donors (Lipinski definition) is 1. The van der Waals surface area contributed by atoms with Crippen LogP contribution < -0.4 is 10.1 Å². The van der Waals surface area contributed by atoms with Crippen molar-refractivity contribution < 1.29 is 27.6 Å². The molecule has 3 rings (SSSR count). The molecular formula is C22H27N3O7S. The fraction of sp³-hybridized carbons (Fsp3) is 0.409. The lowest BCUT2D eigenvalue weighted by atomic mass is 10.1. The van der Waals surface area contributed by atoms with Crippen LogP contribution in [0.25, 0.3) is 0 Å². The third-order valence-corrected chi connectivity index (χ3v) is 7.10. The first-order chi connectivity index (χ1) is 15.8. The van der Waals surface area contributed by atoms with Gasteiger partial charge >= 0.3 is 5.69 Å². The molecule has 10 nitrogen and oxygen atoms in total. The molecule has 0 spiro atoms. The lowest BCUT2D eigenvalue weighted by Gasteiger charge is -2.26. The van der Waals surface area contributed by atoms with E-state index in [4.69, 9.17) is 9.47 Å². The molecule has 1 atom stereocenters. The highest BCUT2D eigenvalue weighted by Crippen LogP contribution is 2.31. The molecule has 0 aromatic heterocycles. The van der Waals surface area contributed by atoms with Crippen LogP contribution in [0.5, 0.6) is 5.75 Å². The number of sulfonamides is 1. The second kappa shape index (κ2) is 11.2. The molecule has 1 aliphatic heterocycles. The van der Waals surface area contributed by atoms with E-state index >= 15 is 0 Å². The van der Waals surface area contributed by atoms with Gasteiger partial charge in [0.15, 0.2) is 12.4 Å². The number of carbonyl (C=O) groups is 1. The molecule has 1 heterocycles. The van der Waals surface area contributed by atoms with Crippen molar-refractivity contribution in [2.75, 3.05) is 32.9 Å². The molecule has 1 aliphatic rings. The van der Waals surface area contributed by atoms with Crippen molar-refractivity contribution in [1.29, 1.82) is 0 Å². The Morgan fingerprint density at radius 2 is 1.91 bits per heavy atom. The summed E-state index contributed by atoms with van der Waals surface area (Å²) in [7, 11) is -3.90. The molecule has 2 aromatic carbocycles. The van der Waals surface area contributed by atoms with Crippen LogP contribution in [0.15, 0.2) is 53.4 Å². The van der Waals surface area contributed by atoms with Gasteiger partial charge in [0.05, 0.1) is 23.0 Å². The second-order valence-electron chi connectivity index (χ2n) is 7.68. The maximum Gasteiger partial charge on any atom is 0.312 e. The summed E-state index contributed by atoms with van der Waals surface area (Å²) in [5.74, 6) is -0.595. The number of hydrogen-bond acceptors (Lipinski definition) is 7. The van der Waals surface area contributed by atoms with Crippen LogP contribution >= 0.6 is 0 Å². The number of benzene rings is 2. The van der Waals surface area contributed by atoms with E-state index in [1.165, 1.54) is 16.4 Å². The minimum Gasteiger partial charge on any atom is -0.477 e. The van der Waals surface area contributed by atoms with Gasteiger partial charge in [-0.3, -0.25) is 14.9 Å². The summed E-state index contributed by atoms with van der Waals surface area (Å²) in [5.41, 5.74) is 0.645. The highest BCUT2D eigenvalue weighted by molar-refractivity contribution is 7.89. The molecule has 11 heteroatoms. The molecule has 1 amide bonds. The van der Waals surface area contributed by atoms with Gasteiger partial charge in [0.25, 0.3) is 5.91 Å². The van der Waals surface area contributed by atoms with Crippen LogP contribution in [0.4, 0.5) is 5.69 Å². The standard InChI is InChI=1S/C22H27N3O7S/c1-17(7-8-18-5-3-2-4-6-18)23-22(26)16-32-21-10-9-19(15-20(21)25(27)28)33(29,30)24-11-13-31-14-12-24/h2-6,9-10,15,17H,7-8,11-14,16H2,1H3,(H,23,26)/t17-/m0/s1. The highest BCUT2D eigenvalue weighted by Gasteiger charge is 2.29. The van der Waals surface area contributed by atoms with Gasteiger partial charge in [-0.1, -0.05) is 30.3 Å². The first-order valence-corrected chi connectivity index (χ1v) is 12.0. The van der Waals surface area contributed by atoms with Crippen molar-refractivity contribution in [3.8, 4) is 5.75 Å². The predicted octanol–water partition coefficient (Wildman–Crippen LogP) is 2.13. The largest absolute Gasteiger partial charge is 0.477 e. The van der Waals surface area contributed by atoms with Gasteiger partial charge in [-0.05, 0) is 37.5 Å². The summed E-state index contributed by atoms with van der Waals surface area (Å²) in [6.07, 6.45) is 1.53. The first kappa shape index (κ1) is 24.6. The molecule has 1 saturated heterocycles. The number of ether oxygens (including phenoxy) is 2. The fourth-order valence-electron chi connectivity index (χ4n) is 3.42. The van der Waals surface area contributed by atoms with Crippen molar-refractivity contribution in [3.63, 3.8) is 0 Å². The number of rotatable bonds is 10. The van der Waals surface area contributed by atoms with Crippen LogP contribution in [0, 0.1) is 10.1 Å². The number of carbonyl (C=O) groups excluding carboxylic acids is 1. The van der Waals surface area contributed by atoms with Gasteiger partial charge in [0.1, 0.15) is 0 Å². The molecule has 0 saturated carbocycles. The Labute approximate surface area is 192 Å². The average Bonchev–Trinajstić information content (AvgIpc) is 2.82. The van der Waals surface area contributed by atoms with Crippen LogP contribution in [0.3, 0.4) is 0 Å². The minimum absolute atomic E-state index is 0.114. The summed E-state index contributed by atoms with van der Waals surface area (Å²) in [4.78, 5) is 22.8. The second-order valence-corrected chi connectivity index (χ2v) is 9.62. The van der Waals surface area contributed by atoms with Crippen molar-refractivity contribution in [3.05, 3.63) is 64.2 Å². The zero-order chi connectivity index (χ0) is 23.8. The molecule has 178 valence electrons. The van der Waals surface area contributed by atoms with E-state index in [0.717, 1.165) is 24.5 Å². The predicted molar refractivity (Wildman–Crippen MR) is 121 cm³/mol. The van der Waals surface area contributed by atoms with E-state index in [1.54, 1.807) is 0 Å². The number of nitro benzene ring substituents is 1. The Balaban J connectivity index is 1.59. The lowest BCUT2D eigenvalue weighted by molar-refractivity contribution is -0.386. The van der Waals surface area contributed by atoms with Gasteiger partial charge in [-0.15, -0.1) is 0 Å². The van der Waals surface area contributed by atoms with E-state index in [9.17, 15) is 23.3 Å². The third-order valence-electron chi connectivity index (χ3n) is 5.21. The topological polar surface area (TPSA) is 128 Å². The van der Waals surface area contributed by atoms with Gasteiger partial charge in [0.2, 0.25) is 10.0 Å². The van der Waals surface area contributed by atoms with Crippen LogP contribution in [0.2, 0.25) is 0 Å². The average molecular weight is 478 g/mol. The van der Waals surface area contributed by atoms with Crippen molar-refractivity contribution in [2.24, 2.45) is 0 Å². The molecule has 0 bridgehead atoms. The molecule has 0 unspecified atom stereocenters. The SMILES string of the molecule is C[C@@H](CCc1ccccc1)NC(=O)COc1ccc(S(=O)(=O)N2CCOCC2)cc1[N+](=O)[O-]. The molecule has 1 fully saturated rings. The first-order valence-electron chi connectivity index (χ1n) is 10.6. The van der Waals surface area contributed by atoms with E-state index in [0.29, 0.717) is 0 Å². The van der Waals surface area contributed by atoms with Crippen molar-refractivity contribution >= 4 is 21.6 Å². The summed E-state index contributed by atoms with van der Waals surface area (Å²) in [5, 5.41) is 14.3. The number of nitrogens with one attached hydrogen (secondary N) is 1. The minimum atomic E-state index is -3.90. The van der Waals surface area contributed by atoms with Crippen LogP contribution in [0.1, 0.15) is 18.9 Å². The fourth-order valence-corrected chi connectivity index (χ4v) is 4.85. The zero-order valence-electron chi connectivity index (χ0n) is 18.3. The maximum atomic E-state index is 12.8. The number of morpholine rings is 1. The lowest BCUT2D eigenvalue weighted by Crippen LogP contribution is -2.40. The van der Waals surface area contributed by atoms with Crippen molar-refractivity contribution in [2.45, 2.75) is 30.7 Å². The molecule has 0 radical (unpaired) electrons. The molecule has 2 aromatic rings. The van der Waals surface area contributed by atoms with E-state index in [1.807, 2.05) is 37.3 Å². The Morgan fingerprint density at radius 1 is 1.21 bits per heavy atom. The third kappa shape index (κ3) is 6.73. The van der Waals surface area contributed by atoms with Crippen molar-refractivity contribution in [1.82, 2.24) is 9.62 Å². The Kier molecular flexibility index (Phi) is 8.37. The smallest absolute Gasteiger partial charge is 0.312 e. The maximum absolute atomic E-state index is 12.8. The molecule has 33 heavy (non-hydrogen) atoms. The van der Waals surface area contributed by atoms with Crippen LogP contribution in [-0.4, -0.2) is 62.5 Å². The number of aryl methyl sites for hydroxylation is 1. The van der Waals surface area contributed by atoms with Gasteiger partial charge in [-0.25, -0.2) is 8.42 Å². The summed E-state index contributed by atoms with van der Waals surface area (Å²) < 4.78 is 37.3. The van der Waals surface area contributed by atoms with E-state index in [2.05, 4.69) is 5.32 Å². The zero-order valence-corrected chi connectivity index (χ0v) is 19.1. The van der Waals surface area contributed by atoms with Gasteiger partial charge in [0, 0.05) is 25.2 Å². The summed E-state index contributed by atoms with van der Waals surface area (Å²) in [6, 6.07) is 13.2. The molecular weight excluding hydrogens is 450 g/mol. The molecule has 0 aliphatic carbocycles. The Hall–Kier alpha value is -3.02. The quantitative estimate of drug-likeness (QED) is 0.410. The molecule has 1 N–H and O–H groups in total. The number of nitro groups is 1. The van der Waals surface area contributed by atoms with Gasteiger partial charge in [-0.2, -0.15) is 4.31 Å². The number of nitrogens with zero attached hydrogens (tertiary/aromatic N) is 2. The normalized spacial score (nSPS) is 15.5. The monoisotopic (exact) mass is 477 g/mol. The Bertz CT molecular complexity index is 1070. The Morgan fingerprint density at radius 3 is 2.58 bits per heavy atom. The summed E-state index contributed by atoms with van der Waals surface area (Å²) in [6.45, 7) is 2.33. The summed E-state index contributed by atoms with van der Waals surface area (Å²) >= 11 is 0.